The summed E-state index contributed by atoms with van der Waals surface area (Å²) >= 11 is 0. The molecular formula is C13H17N3. The molecule has 0 atom stereocenters. The molecule has 0 fully saturated rings. The van der Waals surface area contributed by atoms with Gasteiger partial charge in [0.1, 0.15) is 0 Å². The van der Waals surface area contributed by atoms with E-state index in [1.165, 1.54) is 22.5 Å². The van der Waals surface area contributed by atoms with Crippen LogP contribution in [0.5, 0.6) is 0 Å². The van der Waals surface area contributed by atoms with Crippen molar-refractivity contribution in [2.45, 2.75) is 27.3 Å². The zero-order chi connectivity index (χ0) is 11.5. The van der Waals surface area contributed by atoms with Crippen molar-refractivity contribution < 1.29 is 0 Å². The third kappa shape index (κ3) is 2.24. The van der Waals surface area contributed by atoms with Crippen LogP contribution in [0.25, 0.3) is 0 Å². The highest BCUT2D eigenvalue weighted by Crippen LogP contribution is 2.06. The second kappa shape index (κ2) is 4.39. The summed E-state index contributed by atoms with van der Waals surface area (Å²) in [5.41, 5.74) is 8.22. The average Bonchev–Trinajstić information content (AvgIpc) is 2.56. The van der Waals surface area contributed by atoms with Gasteiger partial charge in [-0.25, -0.2) is 0 Å². The molecule has 0 aliphatic carbocycles. The van der Waals surface area contributed by atoms with Crippen molar-refractivity contribution in [1.82, 2.24) is 9.66 Å². The van der Waals surface area contributed by atoms with Crippen molar-refractivity contribution in [3.8, 4) is 0 Å². The number of rotatable bonds is 3. The van der Waals surface area contributed by atoms with Crippen LogP contribution < -0.4 is 5.43 Å². The monoisotopic (exact) mass is 215 g/mol. The van der Waals surface area contributed by atoms with Gasteiger partial charge in [0.15, 0.2) is 0 Å². The van der Waals surface area contributed by atoms with Gasteiger partial charge < -0.3 is 5.43 Å². The summed E-state index contributed by atoms with van der Waals surface area (Å²) in [5, 5.41) is 0. The Balaban J connectivity index is 2.08. The van der Waals surface area contributed by atoms with E-state index in [2.05, 4.69) is 54.1 Å². The molecule has 2 aromatic rings. The summed E-state index contributed by atoms with van der Waals surface area (Å²) in [6.45, 7) is 7.04. The van der Waals surface area contributed by atoms with E-state index in [0.29, 0.717) is 0 Å². The van der Waals surface area contributed by atoms with E-state index in [9.17, 15) is 0 Å². The van der Waals surface area contributed by atoms with Crippen LogP contribution in [-0.2, 0) is 6.54 Å². The molecule has 0 bridgehead atoms. The molecule has 0 amide bonds. The number of nitrogens with one attached hydrogen (secondary N) is 1. The summed E-state index contributed by atoms with van der Waals surface area (Å²) in [5.74, 6) is 0. The molecule has 0 saturated carbocycles. The molecular weight excluding hydrogens is 198 g/mol. The first-order chi connectivity index (χ1) is 7.66. The summed E-state index contributed by atoms with van der Waals surface area (Å²) in [6.07, 6.45) is 3.77. The predicted octanol–water partition coefficient (Wildman–Crippen LogP) is 2.55. The minimum atomic E-state index is 0.797. The lowest BCUT2D eigenvalue weighted by Crippen LogP contribution is -2.17. The minimum Gasteiger partial charge on any atom is -0.321 e. The van der Waals surface area contributed by atoms with Crippen molar-refractivity contribution in [2.75, 3.05) is 5.43 Å². The maximum absolute atomic E-state index is 4.18. The van der Waals surface area contributed by atoms with E-state index >= 15 is 0 Å². The van der Waals surface area contributed by atoms with Crippen LogP contribution in [0.2, 0.25) is 0 Å². The lowest BCUT2D eigenvalue weighted by atomic mass is 10.2. The minimum absolute atomic E-state index is 0.797. The van der Waals surface area contributed by atoms with Gasteiger partial charge in [0, 0.05) is 23.8 Å². The Kier molecular flexibility index (Phi) is 2.95. The SMILES string of the molecule is Cc1cncc(CNn2c(C)ccc2C)c1. The van der Waals surface area contributed by atoms with Crippen LogP contribution in [0.1, 0.15) is 22.5 Å². The van der Waals surface area contributed by atoms with Crippen LogP contribution in [0.4, 0.5) is 0 Å². The van der Waals surface area contributed by atoms with Crippen molar-refractivity contribution in [3.05, 3.63) is 53.1 Å². The van der Waals surface area contributed by atoms with Gasteiger partial charge in [-0.2, -0.15) is 0 Å². The Morgan fingerprint density at radius 3 is 2.44 bits per heavy atom. The van der Waals surface area contributed by atoms with E-state index in [1.807, 2.05) is 12.4 Å². The summed E-state index contributed by atoms with van der Waals surface area (Å²) in [6, 6.07) is 6.36. The molecule has 0 unspecified atom stereocenters. The van der Waals surface area contributed by atoms with E-state index < -0.39 is 0 Å². The van der Waals surface area contributed by atoms with Gasteiger partial charge in [0.05, 0.1) is 6.54 Å². The summed E-state index contributed by atoms with van der Waals surface area (Å²) in [7, 11) is 0. The standard InChI is InChI=1S/C13H17N3/c1-10-6-13(8-14-7-10)9-15-16-11(2)4-5-12(16)3/h4-8,15H,9H2,1-3H3. The van der Waals surface area contributed by atoms with Gasteiger partial charge in [0.25, 0.3) is 0 Å². The number of pyridine rings is 1. The first kappa shape index (κ1) is 10.7. The zero-order valence-electron chi connectivity index (χ0n) is 9.99. The molecule has 16 heavy (non-hydrogen) atoms. The maximum atomic E-state index is 4.18. The van der Waals surface area contributed by atoms with Crippen molar-refractivity contribution in [2.24, 2.45) is 0 Å². The lowest BCUT2D eigenvalue weighted by Gasteiger charge is -2.12. The lowest BCUT2D eigenvalue weighted by molar-refractivity contribution is 0.790. The Morgan fingerprint density at radius 2 is 1.81 bits per heavy atom. The van der Waals surface area contributed by atoms with Gasteiger partial charge in [-0.1, -0.05) is 6.07 Å². The van der Waals surface area contributed by atoms with Crippen LogP contribution >= 0.6 is 0 Å². The summed E-state index contributed by atoms with van der Waals surface area (Å²) < 4.78 is 2.10. The fourth-order valence-corrected chi connectivity index (χ4v) is 1.80. The topological polar surface area (TPSA) is 29.9 Å². The van der Waals surface area contributed by atoms with Gasteiger partial charge in [-0.05, 0) is 44.0 Å². The molecule has 0 aliphatic heterocycles. The van der Waals surface area contributed by atoms with Crippen LogP contribution in [0, 0.1) is 20.8 Å². The van der Waals surface area contributed by atoms with E-state index in [4.69, 9.17) is 0 Å². The fraction of sp³-hybridized carbons (Fsp3) is 0.308. The molecule has 3 heteroatoms. The largest absolute Gasteiger partial charge is 0.321 e. The van der Waals surface area contributed by atoms with Crippen molar-refractivity contribution in [3.63, 3.8) is 0 Å². The smallest absolute Gasteiger partial charge is 0.0579 e. The van der Waals surface area contributed by atoms with E-state index in [-0.39, 0.29) is 0 Å². The predicted molar refractivity (Wildman–Crippen MR) is 65.9 cm³/mol. The molecule has 2 heterocycles. The van der Waals surface area contributed by atoms with Gasteiger partial charge in [0.2, 0.25) is 0 Å². The highest BCUT2D eigenvalue weighted by Gasteiger charge is 2.00. The number of hydrogen-bond donors (Lipinski definition) is 1. The van der Waals surface area contributed by atoms with Crippen molar-refractivity contribution in [1.29, 1.82) is 0 Å². The zero-order valence-corrected chi connectivity index (χ0v) is 9.99. The first-order valence-electron chi connectivity index (χ1n) is 5.46. The normalized spacial score (nSPS) is 10.4. The Morgan fingerprint density at radius 1 is 1.12 bits per heavy atom. The van der Waals surface area contributed by atoms with Crippen molar-refractivity contribution >= 4 is 0 Å². The van der Waals surface area contributed by atoms with Crippen LogP contribution in [0.3, 0.4) is 0 Å². The van der Waals surface area contributed by atoms with Crippen LogP contribution in [-0.4, -0.2) is 9.66 Å². The number of aryl methyl sites for hydroxylation is 3. The molecule has 84 valence electrons. The maximum Gasteiger partial charge on any atom is 0.0579 e. The van der Waals surface area contributed by atoms with E-state index in [1.54, 1.807) is 0 Å². The van der Waals surface area contributed by atoms with E-state index in [0.717, 1.165) is 6.54 Å². The second-order valence-corrected chi connectivity index (χ2v) is 4.16. The molecule has 0 radical (unpaired) electrons. The molecule has 0 saturated heterocycles. The van der Waals surface area contributed by atoms with Gasteiger partial charge >= 0.3 is 0 Å². The third-order valence-corrected chi connectivity index (χ3v) is 2.64. The highest BCUT2D eigenvalue weighted by atomic mass is 15.4. The first-order valence-corrected chi connectivity index (χ1v) is 5.46. The quantitative estimate of drug-likeness (QED) is 0.852. The fourth-order valence-electron chi connectivity index (χ4n) is 1.80. The number of nitrogens with zero attached hydrogens (tertiary/aromatic N) is 2. The Labute approximate surface area is 96.1 Å². The number of aromatic nitrogens is 2. The van der Waals surface area contributed by atoms with Gasteiger partial charge in [-0.15, -0.1) is 0 Å². The Bertz CT molecular complexity index is 466. The summed E-state index contributed by atoms with van der Waals surface area (Å²) in [4.78, 5) is 4.18. The van der Waals surface area contributed by atoms with Gasteiger partial charge in [-0.3, -0.25) is 9.66 Å². The molecule has 1 N–H and O–H groups in total. The van der Waals surface area contributed by atoms with Crippen LogP contribution in [0.15, 0.2) is 30.6 Å². The molecule has 2 aromatic heterocycles. The molecule has 0 aromatic carbocycles. The molecule has 0 spiro atoms. The molecule has 3 nitrogen and oxygen atoms in total. The second-order valence-electron chi connectivity index (χ2n) is 4.16. The molecule has 2 rings (SSSR count). The number of hydrogen-bond acceptors (Lipinski definition) is 2. The Hall–Kier alpha value is -1.77. The molecule has 0 aliphatic rings. The highest BCUT2D eigenvalue weighted by molar-refractivity contribution is 5.20. The third-order valence-electron chi connectivity index (χ3n) is 2.64. The average molecular weight is 215 g/mol.